The van der Waals surface area contributed by atoms with E-state index in [0.29, 0.717) is 18.8 Å². The van der Waals surface area contributed by atoms with Gasteiger partial charge in [0.15, 0.2) is 5.78 Å². The van der Waals surface area contributed by atoms with E-state index >= 15 is 0 Å². The second-order valence-electron chi connectivity index (χ2n) is 9.05. The summed E-state index contributed by atoms with van der Waals surface area (Å²) in [5.41, 5.74) is -0.0500. The number of aromatic amines is 1. The first-order valence-electron chi connectivity index (χ1n) is 10.2. The molecule has 0 bridgehead atoms. The highest BCUT2D eigenvalue weighted by Gasteiger charge is 2.39. The summed E-state index contributed by atoms with van der Waals surface area (Å²) in [5.74, 6) is -1.13. The second kappa shape index (κ2) is 8.99. The Hall–Kier alpha value is -2.04. The maximum atomic E-state index is 12.9. The lowest BCUT2D eigenvalue weighted by molar-refractivity contribution is -0.127. The van der Waals surface area contributed by atoms with Crippen molar-refractivity contribution < 1.29 is 14.4 Å². The number of carbonyl (C=O) groups excluding carboxylic acids is 3. The quantitative estimate of drug-likeness (QED) is 0.496. The van der Waals surface area contributed by atoms with E-state index in [9.17, 15) is 19.6 Å². The number of nitriles is 1. The van der Waals surface area contributed by atoms with E-state index in [1.807, 2.05) is 13.8 Å². The summed E-state index contributed by atoms with van der Waals surface area (Å²) in [6.07, 6.45) is 3.54. The highest BCUT2D eigenvalue weighted by Crippen LogP contribution is 2.37. The van der Waals surface area contributed by atoms with Crippen LogP contribution in [0.25, 0.3) is 0 Å². The van der Waals surface area contributed by atoms with Crippen LogP contribution in [0, 0.1) is 29.1 Å². The van der Waals surface area contributed by atoms with Crippen LogP contribution in [0.3, 0.4) is 0 Å². The van der Waals surface area contributed by atoms with Crippen molar-refractivity contribution in [2.45, 2.75) is 64.0 Å². The van der Waals surface area contributed by atoms with Crippen LogP contribution in [0.2, 0.25) is 10.2 Å². The van der Waals surface area contributed by atoms with Crippen molar-refractivity contribution in [2.75, 3.05) is 0 Å². The molecule has 162 valence electrons. The minimum atomic E-state index is -0.784. The Kier molecular flexibility index (Phi) is 6.78. The molecule has 1 aromatic rings. The summed E-state index contributed by atoms with van der Waals surface area (Å²) in [7, 11) is 0. The Morgan fingerprint density at radius 3 is 2.53 bits per heavy atom. The van der Waals surface area contributed by atoms with Gasteiger partial charge in [-0.2, -0.15) is 5.26 Å². The molecule has 1 saturated heterocycles. The van der Waals surface area contributed by atoms with Crippen LogP contribution < -0.4 is 10.6 Å². The molecule has 0 radical (unpaired) electrons. The summed E-state index contributed by atoms with van der Waals surface area (Å²) in [6, 6.07) is 2.76. The van der Waals surface area contributed by atoms with E-state index < -0.39 is 12.0 Å². The number of nitrogens with one attached hydrogen (secondary N) is 3. The van der Waals surface area contributed by atoms with E-state index in [-0.39, 0.29) is 57.8 Å². The van der Waals surface area contributed by atoms with E-state index in [2.05, 4.69) is 21.7 Å². The zero-order valence-electron chi connectivity index (χ0n) is 17.1. The third kappa shape index (κ3) is 5.77. The average Bonchev–Trinajstić information content (AvgIpc) is 3.36. The van der Waals surface area contributed by atoms with Gasteiger partial charge in [-0.3, -0.25) is 14.4 Å². The number of rotatable bonds is 9. The number of ketones is 1. The molecule has 9 heteroatoms. The maximum absolute atomic E-state index is 12.9. The Bertz CT molecular complexity index is 866. The lowest BCUT2D eigenvalue weighted by Crippen LogP contribution is -2.40. The number of halogens is 2. The molecule has 2 amide bonds. The first kappa shape index (κ1) is 22.6. The van der Waals surface area contributed by atoms with Gasteiger partial charge in [0.05, 0.1) is 16.8 Å². The average molecular weight is 453 g/mol. The van der Waals surface area contributed by atoms with Crippen LogP contribution >= 0.6 is 23.2 Å². The topological polar surface area (TPSA) is 115 Å². The van der Waals surface area contributed by atoms with Crippen molar-refractivity contribution in [3.05, 3.63) is 21.9 Å². The van der Waals surface area contributed by atoms with Gasteiger partial charge in [0.1, 0.15) is 11.2 Å². The smallest absolute Gasteiger partial charge is 0.224 e. The second-order valence-corrected chi connectivity index (χ2v) is 9.83. The van der Waals surface area contributed by atoms with Crippen LogP contribution in [0.15, 0.2) is 6.07 Å². The van der Waals surface area contributed by atoms with Gasteiger partial charge in [-0.25, -0.2) is 0 Å². The molecular weight excluding hydrogens is 427 g/mol. The van der Waals surface area contributed by atoms with Gasteiger partial charge < -0.3 is 15.6 Å². The normalized spacial score (nSPS) is 22.1. The van der Waals surface area contributed by atoms with Crippen molar-refractivity contribution in [3.63, 3.8) is 0 Å². The highest BCUT2D eigenvalue weighted by atomic mass is 35.5. The van der Waals surface area contributed by atoms with Crippen molar-refractivity contribution in [1.82, 2.24) is 15.6 Å². The van der Waals surface area contributed by atoms with Gasteiger partial charge in [0.25, 0.3) is 0 Å². The number of Topliss-reactive ketones (excluding diaryl/α,β-unsaturated/α-hetero) is 1. The van der Waals surface area contributed by atoms with Crippen LogP contribution in [-0.2, 0) is 9.59 Å². The SMILES string of the molecule is CC1(C)CC(CC(C#N)NC(=O)C(CC(=O)c2cc(Cl)c(Cl)[nH]2)CC2CC2)C(=O)N1. The van der Waals surface area contributed by atoms with Gasteiger partial charge in [0, 0.05) is 23.8 Å². The number of hydrogen-bond acceptors (Lipinski definition) is 4. The van der Waals surface area contributed by atoms with Crippen molar-refractivity contribution >= 4 is 40.8 Å². The molecule has 7 nitrogen and oxygen atoms in total. The summed E-state index contributed by atoms with van der Waals surface area (Å²) < 4.78 is 0. The van der Waals surface area contributed by atoms with E-state index in [1.165, 1.54) is 6.07 Å². The third-order valence-electron chi connectivity index (χ3n) is 5.72. The lowest BCUT2D eigenvalue weighted by atomic mass is 9.90. The zero-order valence-corrected chi connectivity index (χ0v) is 18.6. The molecule has 1 saturated carbocycles. The number of aromatic nitrogens is 1. The standard InChI is InChI=1S/C21H26Cl2N4O3/c1-21(2)9-13(20(30)27-21)6-14(10-24)25-19(29)12(5-11-3-4-11)7-17(28)16-8-15(22)18(23)26-16/h8,11-14,26H,3-7,9H2,1-2H3,(H,25,29)(H,27,30). The molecular formula is C21H26Cl2N4O3. The summed E-state index contributed by atoms with van der Waals surface area (Å²) in [5, 5.41) is 15.6. The fraction of sp³-hybridized carbons (Fsp3) is 0.619. The van der Waals surface area contributed by atoms with E-state index in [4.69, 9.17) is 23.2 Å². The van der Waals surface area contributed by atoms with Gasteiger partial charge in [0.2, 0.25) is 11.8 Å². The van der Waals surface area contributed by atoms with Gasteiger partial charge in [-0.1, -0.05) is 36.0 Å². The van der Waals surface area contributed by atoms with Gasteiger partial charge >= 0.3 is 0 Å². The molecule has 1 aromatic heterocycles. The van der Waals surface area contributed by atoms with E-state index in [1.54, 1.807) is 0 Å². The molecule has 2 aliphatic rings. The van der Waals surface area contributed by atoms with Crippen molar-refractivity contribution in [1.29, 1.82) is 5.26 Å². The Balaban J connectivity index is 1.63. The maximum Gasteiger partial charge on any atom is 0.224 e. The number of amides is 2. The minimum Gasteiger partial charge on any atom is -0.351 e. The van der Waals surface area contributed by atoms with Crippen molar-refractivity contribution in [2.24, 2.45) is 17.8 Å². The predicted octanol–water partition coefficient (Wildman–Crippen LogP) is 3.62. The predicted molar refractivity (Wildman–Crippen MR) is 113 cm³/mol. The Morgan fingerprint density at radius 1 is 1.33 bits per heavy atom. The van der Waals surface area contributed by atoms with Gasteiger partial charge in [-0.15, -0.1) is 0 Å². The van der Waals surface area contributed by atoms with Crippen LogP contribution in [0.1, 0.15) is 62.9 Å². The lowest BCUT2D eigenvalue weighted by Gasteiger charge is -2.20. The largest absolute Gasteiger partial charge is 0.351 e. The molecule has 2 fully saturated rings. The molecule has 1 aliphatic carbocycles. The molecule has 3 atom stereocenters. The van der Waals surface area contributed by atoms with Crippen LogP contribution in [0.4, 0.5) is 0 Å². The third-order valence-corrected chi connectivity index (χ3v) is 6.42. The Morgan fingerprint density at radius 2 is 2.03 bits per heavy atom. The molecule has 0 spiro atoms. The molecule has 0 aromatic carbocycles. The monoisotopic (exact) mass is 452 g/mol. The fourth-order valence-corrected chi connectivity index (χ4v) is 4.34. The zero-order chi connectivity index (χ0) is 22.1. The van der Waals surface area contributed by atoms with Gasteiger partial charge in [-0.05, 0) is 45.1 Å². The molecule has 2 heterocycles. The molecule has 3 rings (SSSR count). The highest BCUT2D eigenvalue weighted by molar-refractivity contribution is 6.41. The fourth-order valence-electron chi connectivity index (χ4n) is 4.03. The summed E-state index contributed by atoms with van der Waals surface area (Å²) >= 11 is 11.8. The van der Waals surface area contributed by atoms with Crippen LogP contribution in [-0.4, -0.2) is 34.2 Å². The summed E-state index contributed by atoms with van der Waals surface area (Å²) in [6.45, 7) is 3.86. The first-order valence-corrected chi connectivity index (χ1v) is 10.9. The number of hydrogen-bond donors (Lipinski definition) is 3. The van der Waals surface area contributed by atoms with E-state index in [0.717, 1.165) is 12.8 Å². The van der Waals surface area contributed by atoms with Crippen molar-refractivity contribution in [3.8, 4) is 6.07 Å². The van der Waals surface area contributed by atoms with Crippen LogP contribution in [0.5, 0.6) is 0 Å². The number of nitrogens with zero attached hydrogens (tertiary/aromatic N) is 1. The number of H-pyrrole nitrogens is 1. The first-order chi connectivity index (χ1) is 14.1. The number of carbonyl (C=O) groups is 3. The summed E-state index contributed by atoms with van der Waals surface area (Å²) in [4.78, 5) is 40.4. The molecule has 1 aliphatic heterocycles. The molecule has 3 unspecified atom stereocenters. The minimum absolute atomic E-state index is 0.00456. The molecule has 3 N–H and O–H groups in total. The molecule has 30 heavy (non-hydrogen) atoms. The Labute approximate surface area is 185 Å².